The number of sulfonamides is 1. The summed E-state index contributed by atoms with van der Waals surface area (Å²) in [5, 5.41) is 11.2. The predicted molar refractivity (Wildman–Crippen MR) is 84.5 cm³/mol. The van der Waals surface area contributed by atoms with Gasteiger partial charge in [0.1, 0.15) is 0 Å². The Kier molecular flexibility index (Phi) is 5.99. The highest BCUT2D eigenvalue weighted by Gasteiger charge is 2.15. The molecule has 0 saturated heterocycles. The van der Waals surface area contributed by atoms with Crippen molar-refractivity contribution < 1.29 is 17.9 Å². The molecule has 1 aromatic heterocycles. The lowest BCUT2D eigenvalue weighted by atomic mass is 10.2. The van der Waals surface area contributed by atoms with E-state index in [1.807, 2.05) is 6.92 Å². The summed E-state index contributed by atoms with van der Waals surface area (Å²) < 4.78 is 32.8. The van der Waals surface area contributed by atoms with E-state index in [1.54, 1.807) is 11.6 Å². The highest BCUT2D eigenvalue weighted by Crippen LogP contribution is 2.12. The Bertz CT molecular complexity index is 786. The average molecular weight is 353 g/mol. The first-order valence-corrected chi connectivity index (χ1v) is 8.98. The maximum absolute atomic E-state index is 12.0. The second kappa shape index (κ2) is 7.97. The maximum atomic E-state index is 12.0. The van der Waals surface area contributed by atoms with Crippen LogP contribution in [0.1, 0.15) is 36.5 Å². The minimum absolute atomic E-state index is 0.0523. The van der Waals surface area contributed by atoms with Crippen molar-refractivity contribution in [1.29, 1.82) is 0 Å². The fourth-order valence-corrected chi connectivity index (χ4v) is 3.01. The molecule has 130 valence electrons. The number of nitrogens with one attached hydrogen (secondary N) is 1. The average Bonchev–Trinajstić information content (AvgIpc) is 3.00. The Labute approximate surface area is 140 Å². The zero-order chi connectivity index (χ0) is 17.6. The number of esters is 1. The lowest BCUT2D eigenvalue weighted by molar-refractivity contribution is 0.0456. The van der Waals surface area contributed by atoms with Crippen molar-refractivity contribution in [2.24, 2.45) is 0 Å². The fourth-order valence-electron chi connectivity index (χ4n) is 1.97. The number of carbonyl (C=O) groups is 1. The van der Waals surface area contributed by atoms with Gasteiger partial charge in [-0.15, -0.1) is 5.10 Å². The SMILES string of the molecule is CCCn1nnnc1COC(=O)c1ccc(S(=O)(=O)NCC)cc1. The fraction of sp³-hybridized carbons (Fsp3) is 0.429. The first-order chi connectivity index (χ1) is 11.5. The smallest absolute Gasteiger partial charge is 0.338 e. The molecule has 0 saturated carbocycles. The molecule has 1 heterocycles. The summed E-state index contributed by atoms with van der Waals surface area (Å²) in [4.78, 5) is 12.1. The number of nitrogens with zero attached hydrogens (tertiary/aromatic N) is 4. The number of hydrogen-bond donors (Lipinski definition) is 1. The molecular formula is C14H19N5O4S. The zero-order valence-corrected chi connectivity index (χ0v) is 14.3. The Balaban J connectivity index is 2.01. The number of rotatable bonds is 8. The van der Waals surface area contributed by atoms with E-state index >= 15 is 0 Å². The van der Waals surface area contributed by atoms with Gasteiger partial charge in [0.15, 0.2) is 12.4 Å². The quantitative estimate of drug-likeness (QED) is 0.696. The van der Waals surface area contributed by atoms with E-state index in [-0.39, 0.29) is 17.1 Å². The first-order valence-electron chi connectivity index (χ1n) is 7.49. The molecule has 0 unspecified atom stereocenters. The summed E-state index contributed by atoms with van der Waals surface area (Å²) >= 11 is 0. The molecule has 0 fully saturated rings. The van der Waals surface area contributed by atoms with E-state index in [9.17, 15) is 13.2 Å². The molecule has 1 N–H and O–H groups in total. The van der Waals surface area contributed by atoms with Crippen molar-refractivity contribution >= 4 is 16.0 Å². The Hall–Kier alpha value is -2.33. The van der Waals surface area contributed by atoms with Crippen LogP contribution in [0.15, 0.2) is 29.2 Å². The van der Waals surface area contributed by atoms with Crippen LogP contribution in [-0.2, 0) is 27.9 Å². The van der Waals surface area contributed by atoms with Gasteiger partial charge < -0.3 is 4.74 Å². The molecule has 1 aromatic carbocycles. The van der Waals surface area contributed by atoms with Crippen molar-refractivity contribution in [3.8, 4) is 0 Å². The normalized spacial score (nSPS) is 11.4. The molecule has 24 heavy (non-hydrogen) atoms. The van der Waals surface area contributed by atoms with Crippen LogP contribution >= 0.6 is 0 Å². The molecular weight excluding hydrogens is 334 g/mol. The molecule has 0 amide bonds. The Morgan fingerprint density at radius 3 is 2.58 bits per heavy atom. The van der Waals surface area contributed by atoms with Crippen LogP contribution in [0.2, 0.25) is 0 Å². The summed E-state index contributed by atoms with van der Waals surface area (Å²) in [5.74, 6) is -0.120. The Morgan fingerprint density at radius 1 is 1.25 bits per heavy atom. The number of ether oxygens (including phenoxy) is 1. The van der Waals surface area contributed by atoms with Crippen molar-refractivity contribution in [2.45, 2.75) is 38.3 Å². The largest absolute Gasteiger partial charge is 0.454 e. The molecule has 0 bridgehead atoms. The standard InChI is InChI=1S/C14H19N5O4S/c1-3-9-19-13(16-17-18-19)10-23-14(20)11-5-7-12(8-6-11)24(21,22)15-4-2/h5-8,15H,3-4,9-10H2,1-2H3. The van der Waals surface area contributed by atoms with Gasteiger partial charge in [0.05, 0.1) is 10.5 Å². The van der Waals surface area contributed by atoms with Crippen LogP contribution in [0.5, 0.6) is 0 Å². The summed E-state index contributed by atoms with van der Waals surface area (Å²) in [6.07, 6.45) is 0.855. The van der Waals surface area contributed by atoms with Gasteiger partial charge in [0.25, 0.3) is 0 Å². The predicted octanol–water partition coefficient (Wildman–Crippen LogP) is 0.738. The molecule has 2 rings (SSSR count). The molecule has 0 atom stereocenters. The van der Waals surface area contributed by atoms with Gasteiger partial charge in [-0.3, -0.25) is 0 Å². The molecule has 2 aromatic rings. The van der Waals surface area contributed by atoms with Gasteiger partial charge in [0.2, 0.25) is 10.0 Å². The third-order valence-electron chi connectivity index (χ3n) is 3.11. The Morgan fingerprint density at radius 2 is 1.96 bits per heavy atom. The van der Waals surface area contributed by atoms with E-state index in [0.29, 0.717) is 18.9 Å². The summed E-state index contributed by atoms with van der Waals surface area (Å²) in [6.45, 7) is 4.55. The van der Waals surface area contributed by atoms with Gasteiger partial charge in [0, 0.05) is 13.1 Å². The van der Waals surface area contributed by atoms with Gasteiger partial charge in [-0.05, 0) is 41.1 Å². The third kappa shape index (κ3) is 4.36. The van der Waals surface area contributed by atoms with Gasteiger partial charge in [-0.2, -0.15) is 0 Å². The minimum atomic E-state index is -3.54. The minimum Gasteiger partial charge on any atom is -0.454 e. The lowest BCUT2D eigenvalue weighted by Crippen LogP contribution is -2.23. The summed E-state index contributed by atoms with van der Waals surface area (Å²) in [7, 11) is -3.54. The molecule has 10 heteroatoms. The second-order valence-electron chi connectivity index (χ2n) is 4.92. The van der Waals surface area contributed by atoms with Crippen LogP contribution in [0.4, 0.5) is 0 Å². The van der Waals surface area contributed by atoms with E-state index < -0.39 is 16.0 Å². The highest BCUT2D eigenvalue weighted by atomic mass is 32.2. The van der Waals surface area contributed by atoms with Crippen LogP contribution < -0.4 is 4.72 Å². The van der Waals surface area contributed by atoms with Crippen molar-refractivity contribution in [3.63, 3.8) is 0 Å². The molecule has 0 spiro atoms. The van der Waals surface area contributed by atoms with Crippen molar-refractivity contribution in [2.75, 3.05) is 6.54 Å². The van der Waals surface area contributed by atoms with Crippen molar-refractivity contribution in [1.82, 2.24) is 24.9 Å². The van der Waals surface area contributed by atoms with Gasteiger partial charge >= 0.3 is 5.97 Å². The second-order valence-corrected chi connectivity index (χ2v) is 6.69. The maximum Gasteiger partial charge on any atom is 0.338 e. The van der Waals surface area contributed by atoms with Gasteiger partial charge in [-0.1, -0.05) is 13.8 Å². The topological polar surface area (TPSA) is 116 Å². The van der Waals surface area contributed by atoms with E-state index in [0.717, 1.165) is 6.42 Å². The van der Waals surface area contributed by atoms with E-state index in [4.69, 9.17) is 4.74 Å². The zero-order valence-electron chi connectivity index (χ0n) is 13.5. The third-order valence-corrected chi connectivity index (χ3v) is 4.67. The number of carbonyl (C=O) groups excluding carboxylic acids is 1. The number of aromatic nitrogens is 4. The number of aryl methyl sites for hydroxylation is 1. The van der Waals surface area contributed by atoms with E-state index in [2.05, 4.69) is 20.2 Å². The number of tetrazole rings is 1. The lowest BCUT2D eigenvalue weighted by Gasteiger charge is -2.07. The first kappa shape index (κ1) is 18.0. The number of hydrogen-bond acceptors (Lipinski definition) is 7. The molecule has 0 aliphatic heterocycles. The van der Waals surface area contributed by atoms with Crippen LogP contribution in [-0.4, -0.2) is 41.1 Å². The van der Waals surface area contributed by atoms with Crippen LogP contribution in [0.3, 0.4) is 0 Å². The summed E-state index contributed by atoms with van der Waals surface area (Å²) in [6, 6.07) is 5.52. The van der Waals surface area contributed by atoms with Crippen LogP contribution in [0.25, 0.3) is 0 Å². The molecule has 9 nitrogen and oxygen atoms in total. The highest BCUT2D eigenvalue weighted by molar-refractivity contribution is 7.89. The monoisotopic (exact) mass is 353 g/mol. The van der Waals surface area contributed by atoms with Crippen LogP contribution in [0, 0.1) is 0 Å². The molecule has 0 radical (unpaired) electrons. The molecule has 0 aliphatic rings. The molecule has 0 aliphatic carbocycles. The number of benzene rings is 1. The van der Waals surface area contributed by atoms with Gasteiger partial charge in [-0.25, -0.2) is 22.6 Å². The van der Waals surface area contributed by atoms with Crippen molar-refractivity contribution in [3.05, 3.63) is 35.7 Å². The van der Waals surface area contributed by atoms with E-state index in [1.165, 1.54) is 24.3 Å². The summed E-state index contributed by atoms with van der Waals surface area (Å²) in [5.41, 5.74) is 0.250.